The average Bonchev–Trinajstić information content (AvgIpc) is 2.01. The zero-order valence-electron chi connectivity index (χ0n) is 6.21. The Morgan fingerprint density at radius 3 is 2.91 bits per heavy atom. The monoisotopic (exact) mass is 157 g/mol. The lowest BCUT2D eigenvalue weighted by Gasteiger charge is -2.01. The molecule has 0 aliphatic heterocycles. The molecular weight excluding hydrogens is 146 g/mol. The minimum absolute atomic E-state index is 0.187. The number of nitrogens with one attached hydrogen (secondary N) is 1. The molecule has 0 saturated carbocycles. The molecule has 11 heavy (non-hydrogen) atoms. The minimum Gasteiger partial charge on any atom is -0.445 e. The van der Waals surface area contributed by atoms with E-state index in [2.05, 4.69) is 16.6 Å². The van der Waals surface area contributed by atoms with E-state index in [4.69, 9.17) is 0 Å². The number of carbonyl (C=O) groups is 2. The standard InChI is InChI=1S/C7H11NO3/c1-2-6-11-7(10)8-4-3-5-9/h2,5H,1,3-4,6H2,(H,8,10). The number of hydrogen-bond acceptors (Lipinski definition) is 3. The van der Waals surface area contributed by atoms with Gasteiger partial charge in [0.05, 0.1) is 0 Å². The highest BCUT2D eigenvalue weighted by molar-refractivity contribution is 5.67. The van der Waals surface area contributed by atoms with Crippen molar-refractivity contribution in [3.8, 4) is 0 Å². The summed E-state index contributed by atoms with van der Waals surface area (Å²) in [5.41, 5.74) is 0. The van der Waals surface area contributed by atoms with Gasteiger partial charge in [-0.25, -0.2) is 4.79 Å². The van der Waals surface area contributed by atoms with E-state index in [1.54, 1.807) is 0 Å². The van der Waals surface area contributed by atoms with Crippen LogP contribution in [0.15, 0.2) is 12.7 Å². The van der Waals surface area contributed by atoms with Crippen LogP contribution < -0.4 is 5.32 Å². The summed E-state index contributed by atoms with van der Waals surface area (Å²) in [4.78, 5) is 20.4. The van der Waals surface area contributed by atoms with Crippen LogP contribution in [0.3, 0.4) is 0 Å². The van der Waals surface area contributed by atoms with Gasteiger partial charge in [-0.3, -0.25) is 0 Å². The van der Waals surface area contributed by atoms with Crippen LogP contribution in [0.4, 0.5) is 4.79 Å². The largest absolute Gasteiger partial charge is 0.445 e. The number of aldehydes is 1. The highest BCUT2D eigenvalue weighted by Gasteiger charge is 1.96. The maximum Gasteiger partial charge on any atom is 0.407 e. The predicted molar refractivity (Wildman–Crippen MR) is 40.2 cm³/mol. The second-order valence-electron chi connectivity index (χ2n) is 1.77. The molecule has 0 aromatic rings. The van der Waals surface area contributed by atoms with E-state index in [-0.39, 0.29) is 6.61 Å². The molecule has 1 N–H and O–H groups in total. The number of amides is 1. The first-order valence-corrected chi connectivity index (χ1v) is 3.26. The van der Waals surface area contributed by atoms with Gasteiger partial charge in [-0.05, 0) is 0 Å². The van der Waals surface area contributed by atoms with Gasteiger partial charge in [0, 0.05) is 13.0 Å². The molecule has 0 aliphatic carbocycles. The number of carbonyl (C=O) groups excluding carboxylic acids is 2. The molecule has 0 aromatic heterocycles. The van der Waals surface area contributed by atoms with Gasteiger partial charge in [-0.15, -0.1) is 0 Å². The number of rotatable bonds is 5. The molecule has 0 aliphatic rings. The zero-order chi connectivity index (χ0) is 8.53. The van der Waals surface area contributed by atoms with Crippen molar-refractivity contribution >= 4 is 12.4 Å². The third-order valence-electron chi connectivity index (χ3n) is 0.864. The summed E-state index contributed by atoms with van der Waals surface area (Å²) in [6.45, 7) is 3.87. The Bertz CT molecular complexity index is 145. The van der Waals surface area contributed by atoms with Crippen LogP contribution >= 0.6 is 0 Å². The third-order valence-corrected chi connectivity index (χ3v) is 0.864. The van der Waals surface area contributed by atoms with Crippen LogP contribution in [0.25, 0.3) is 0 Å². The predicted octanol–water partition coefficient (Wildman–Crippen LogP) is 0.488. The van der Waals surface area contributed by atoms with Gasteiger partial charge in [0.25, 0.3) is 0 Å². The molecule has 0 spiro atoms. The second-order valence-corrected chi connectivity index (χ2v) is 1.77. The molecule has 4 heteroatoms. The van der Waals surface area contributed by atoms with Crippen LogP contribution in [-0.4, -0.2) is 25.5 Å². The fourth-order valence-electron chi connectivity index (χ4n) is 0.419. The summed E-state index contributed by atoms with van der Waals surface area (Å²) in [7, 11) is 0. The highest BCUT2D eigenvalue weighted by atomic mass is 16.5. The number of ether oxygens (including phenoxy) is 1. The first kappa shape index (κ1) is 9.68. The van der Waals surface area contributed by atoms with Crippen LogP contribution in [0, 0.1) is 0 Å². The summed E-state index contributed by atoms with van der Waals surface area (Å²) in [5, 5.41) is 2.38. The summed E-state index contributed by atoms with van der Waals surface area (Å²) >= 11 is 0. The van der Waals surface area contributed by atoms with Crippen molar-refractivity contribution in [2.75, 3.05) is 13.2 Å². The molecule has 0 aromatic carbocycles. The van der Waals surface area contributed by atoms with Crippen molar-refractivity contribution < 1.29 is 14.3 Å². The molecule has 0 unspecified atom stereocenters. The molecule has 4 nitrogen and oxygen atoms in total. The normalized spacial score (nSPS) is 8.36. The molecule has 0 saturated heterocycles. The van der Waals surface area contributed by atoms with E-state index < -0.39 is 6.09 Å². The third kappa shape index (κ3) is 6.57. The molecule has 0 heterocycles. The van der Waals surface area contributed by atoms with Crippen LogP contribution in [0.5, 0.6) is 0 Å². The lowest BCUT2D eigenvalue weighted by molar-refractivity contribution is -0.107. The Balaban J connectivity index is 3.21. The van der Waals surface area contributed by atoms with Crippen molar-refractivity contribution in [2.24, 2.45) is 0 Å². The van der Waals surface area contributed by atoms with Crippen molar-refractivity contribution in [3.05, 3.63) is 12.7 Å². The number of alkyl carbamates (subject to hydrolysis) is 1. The molecule has 0 fully saturated rings. The molecule has 0 rings (SSSR count). The smallest absolute Gasteiger partial charge is 0.407 e. The van der Waals surface area contributed by atoms with Gasteiger partial charge in [0.1, 0.15) is 12.9 Å². The molecule has 0 radical (unpaired) electrons. The minimum atomic E-state index is -0.522. The average molecular weight is 157 g/mol. The van der Waals surface area contributed by atoms with Crippen molar-refractivity contribution in [1.82, 2.24) is 5.32 Å². The first-order valence-electron chi connectivity index (χ1n) is 3.26. The van der Waals surface area contributed by atoms with E-state index in [9.17, 15) is 9.59 Å². The zero-order valence-corrected chi connectivity index (χ0v) is 6.21. The van der Waals surface area contributed by atoms with Crippen molar-refractivity contribution in [2.45, 2.75) is 6.42 Å². The van der Waals surface area contributed by atoms with E-state index in [1.807, 2.05) is 0 Å². The van der Waals surface area contributed by atoms with Crippen molar-refractivity contribution in [3.63, 3.8) is 0 Å². The summed E-state index contributed by atoms with van der Waals surface area (Å²) in [6.07, 6.45) is 1.99. The van der Waals surface area contributed by atoms with Gasteiger partial charge in [-0.2, -0.15) is 0 Å². The maximum atomic E-state index is 10.6. The highest BCUT2D eigenvalue weighted by Crippen LogP contribution is 1.77. The Morgan fingerprint density at radius 1 is 1.64 bits per heavy atom. The summed E-state index contributed by atoms with van der Waals surface area (Å²) in [6, 6.07) is 0. The Labute approximate surface area is 65.2 Å². The molecule has 0 bridgehead atoms. The van der Waals surface area contributed by atoms with Gasteiger partial charge in [0.15, 0.2) is 0 Å². The lowest BCUT2D eigenvalue weighted by atomic mass is 10.5. The molecule has 0 atom stereocenters. The SMILES string of the molecule is C=CCOC(=O)NCCC=O. The van der Waals surface area contributed by atoms with E-state index in [0.29, 0.717) is 13.0 Å². The molecule has 62 valence electrons. The van der Waals surface area contributed by atoms with Crippen LogP contribution in [0.2, 0.25) is 0 Å². The summed E-state index contributed by atoms with van der Waals surface area (Å²) < 4.78 is 4.55. The topological polar surface area (TPSA) is 55.4 Å². The second kappa shape index (κ2) is 6.80. The quantitative estimate of drug-likeness (QED) is 0.359. The van der Waals surface area contributed by atoms with Crippen LogP contribution in [-0.2, 0) is 9.53 Å². The van der Waals surface area contributed by atoms with Crippen molar-refractivity contribution in [1.29, 1.82) is 0 Å². The van der Waals surface area contributed by atoms with Gasteiger partial charge >= 0.3 is 6.09 Å². The Hall–Kier alpha value is -1.32. The fraction of sp³-hybridized carbons (Fsp3) is 0.429. The first-order chi connectivity index (χ1) is 5.31. The van der Waals surface area contributed by atoms with E-state index in [0.717, 1.165) is 6.29 Å². The Morgan fingerprint density at radius 2 is 2.36 bits per heavy atom. The van der Waals surface area contributed by atoms with E-state index >= 15 is 0 Å². The summed E-state index contributed by atoms with van der Waals surface area (Å²) in [5.74, 6) is 0. The van der Waals surface area contributed by atoms with E-state index in [1.165, 1.54) is 6.08 Å². The van der Waals surface area contributed by atoms with Gasteiger partial charge < -0.3 is 14.8 Å². The van der Waals surface area contributed by atoms with Gasteiger partial charge in [0.2, 0.25) is 0 Å². The van der Waals surface area contributed by atoms with Gasteiger partial charge in [-0.1, -0.05) is 12.7 Å². The van der Waals surface area contributed by atoms with Crippen LogP contribution in [0.1, 0.15) is 6.42 Å². The molecular formula is C7H11NO3. The number of hydrogen-bond donors (Lipinski definition) is 1. The maximum absolute atomic E-state index is 10.6. The Kier molecular flexibility index (Phi) is 5.98. The lowest BCUT2D eigenvalue weighted by Crippen LogP contribution is -2.25. The molecule has 1 amide bonds. The fourth-order valence-corrected chi connectivity index (χ4v) is 0.419.